The highest BCUT2D eigenvalue weighted by Crippen LogP contribution is 2.21. The first kappa shape index (κ1) is 15.8. The molecule has 0 aliphatic heterocycles. The number of fused-ring (bicyclic) bond motifs is 1. The second kappa shape index (κ2) is 6.20. The number of aryl methyl sites for hydroxylation is 2. The van der Waals surface area contributed by atoms with E-state index in [1.807, 2.05) is 32.0 Å². The van der Waals surface area contributed by atoms with Gasteiger partial charge in [-0.2, -0.15) is 0 Å². The lowest BCUT2D eigenvalue weighted by Gasteiger charge is -2.10. The topological polar surface area (TPSA) is 71.2 Å². The van der Waals surface area contributed by atoms with E-state index in [1.54, 1.807) is 18.2 Å². The number of hydrogen-bond acceptors (Lipinski definition) is 3. The first-order valence-corrected chi connectivity index (χ1v) is 7.58. The molecular formula is C19H18N2O3. The fraction of sp³-hybridized carbons (Fsp3) is 0.158. The molecule has 0 fully saturated rings. The number of carbonyl (C=O) groups is 1. The van der Waals surface area contributed by atoms with Crippen molar-refractivity contribution < 1.29 is 9.53 Å². The van der Waals surface area contributed by atoms with E-state index < -0.39 is 5.91 Å². The molecule has 3 rings (SSSR count). The third kappa shape index (κ3) is 2.76. The van der Waals surface area contributed by atoms with Gasteiger partial charge in [0.25, 0.3) is 5.91 Å². The van der Waals surface area contributed by atoms with Gasteiger partial charge in [0.2, 0.25) is 5.43 Å². The van der Waals surface area contributed by atoms with Gasteiger partial charge >= 0.3 is 0 Å². The van der Waals surface area contributed by atoms with Crippen LogP contribution in [0.5, 0.6) is 5.75 Å². The number of nitrogens with one attached hydrogen (secondary N) is 2. The number of aromatic amines is 1. The molecule has 3 aromatic rings. The van der Waals surface area contributed by atoms with Crippen LogP contribution in [0.15, 0.2) is 47.4 Å². The average Bonchev–Trinajstić information content (AvgIpc) is 2.57. The lowest BCUT2D eigenvalue weighted by atomic mass is 10.1. The zero-order valence-electron chi connectivity index (χ0n) is 13.8. The molecule has 5 nitrogen and oxygen atoms in total. The second-order valence-corrected chi connectivity index (χ2v) is 5.69. The standard InChI is InChI=1S/C19H18N2O3/c1-11-7-8-15(12(2)9-11)21-19(23)14-10-20-17-13(18(14)22)5-4-6-16(17)24-3/h4-10H,1-3H3,(H,20,22)(H,21,23). The van der Waals surface area contributed by atoms with Crippen molar-refractivity contribution in [1.29, 1.82) is 0 Å². The molecule has 1 aromatic heterocycles. The number of benzene rings is 2. The number of H-pyrrole nitrogens is 1. The summed E-state index contributed by atoms with van der Waals surface area (Å²) in [7, 11) is 1.54. The zero-order valence-corrected chi connectivity index (χ0v) is 13.8. The SMILES string of the molecule is COc1cccc2c(=O)c(C(=O)Nc3ccc(C)cc3C)c[nH]c12. The highest BCUT2D eigenvalue weighted by molar-refractivity contribution is 6.06. The lowest BCUT2D eigenvalue weighted by Crippen LogP contribution is -2.22. The van der Waals surface area contributed by atoms with Crippen molar-refractivity contribution in [2.75, 3.05) is 12.4 Å². The molecule has 0 saturated carbocycles. The van der Waals surface area contributed by atoms with E-state index in [9.17, 15) is 9.59 Å². The van der Waals surface area contributed by atoms with Gasteiger partial charge in [-0.1, -0.05) is 23.8 Å². The first-order chi connectivity index (χ1) is 11.5. The fourth-order valence-corrected chi connectivity index (χ4v) is 2.71. The predicted octanol–water partition coefficient (Wildman–Crippen LogP) is 3.41. The van der Waals surface area contributed by atoms with Crippen LogP contribution in [0.2, 0.25) is 0 Å². The summed E-state index contributed by atoms with van der Waals surface area (Å²) < 4.78 is 5.23. The summed E-state index contributed by atoms with van der Waals surface area (Å²) in [6, 6.07) is 10.9. The van der Waals surface area contributed by atoms with E-state index >= 15 is 0 Å². The highest BCUT2D eigenvalue weighted by Gasteiger charge is 2.15. The fourth-order valence-electron chi connectivity index (χ4n) is 2.71. The van der Waals surface area contributed by atoms with Gasteiger partial charge in [0.1, 0.15) is 11.3 Å². The molecule has 0 unspecified atom stereocenters. The molecule has 0 bridgehead atoms. The van der Waals surface area contributed by atoms with Gasteiger partial charge in [0, 0.05) is 11.9 Å². The van der Waals surface area contributed by atoms with Crippen LogP contribution in [0, 0.1) is 13.8 Å². The number of para-hydroxylation sites is 1. The van der Waals surface area contributed by atoms with Crippen molar-refractivity contribution in [2.45, 2.75) is 13.8 Å². The van der Waals surface area contributed by atoms with Crippen LogP contribution in [0.4, 0.5) is 5.69 Å². The Morgan fingerprint density at radius 3 is 2.67 bits per heavy atom. The number of hydrogen-bond donors (Lipinski definition) is 2. The number of ether oxygens (including phenoxy) is 1. The Kier molecular flexibility index (Phi) is 4.08. The maximum Gasteiger partial charge on any atom is 0.261 e. The van der Waals surface area contributed by atoms with Crippen molar-refractivity contribution in [3.8, 4) is 5.75 Å². The van der Waals surface area contributed by atoms with Crippen LogP contribution in [0.1, 0.15) is 21.5 Å². The smallest absolute Gasteiger partial charge is 0.261 e. The van der Waals surface area contributed by atoms with Crippen molar-refractivity contribution in [2.24, 2.45) is 0 Å². The van der Waals surface area contributed by atoms with Crippen LogP contribution in [0.25, 0.3) is 10.9 Å². The summed E-state index contributed by atoms with van der Waals surface area (Å²) >= 11 is 0. The molecular weight excluding hydrogens is 304 g/mol. The number of carbonyl (C=O) groups excluding carboxylic acids is 1. The summed E-state index contributed by atoms with van der Waals surface area (Å²) in [5.41, 5.74) is 3.06. The minimum Gasteiger partial charge on any atom is -0.495 e. The van der Waals surface area contributed by atoms with Crippen LogP contribution in [-0.2, 0) is 0 Å². The summed E-state index contributed by atoms with van der Waals surface area (Å²) in [6.45, 7) is 3.90. The van der Waals surface area contributed by atoms with Crippen LogP contribution in [-0.4, -0.2) is 18.0 Å². The maximum atomic E-state index is 12.6. The molecule has 24 heavy (non-hydrogen) atoms. The van der Waals surface area contributed by atoms with E-state index in [1.165, 1.54) is 13.3 Å². The van der Waals surface area contributed by atoms with Gasteiger partial charge in [0.15, 0.2) is 0 Å². The van der Waals surface area contributed by atoms with Crippen LogP contribution >= 0.6 is 0 Å². The van der Waals surface area contributed by atoms with E-state index in [-0.39, 0.29) is 11.0 Å². The Labute approximate surface area is 139 Å². The molecule has 2 N–H and O–H groups in total. The largest absolute Gasteiger partial charge is 0.495 e. The molecule has 2 aromatic carbocycles. The van der Waals surface area contributed by atoms with Gasteiger partial charge in [-0.05, 0) is 37.6 Å². The summed E-state index contributed by atoms with van der Waals surface area (Å²) in [6.07, 6.45) is 1.42. The van der Waals surface area contributed by atoms with Crippen LogP contribution < -0.4 is 15.5 Å². The molecule has 5 heteroatoms. The van der Waals surface area contributed by atoms with Gasteiger partial charge in [-0.3, -0.25) is 9.59 Å². The van der Waals surface area contributed by atoms with Crippen molar-refractivity contribution in [3.05, 3.63) is 69.5 Å². The van der Waals surface area contributed by atoms with Crippen molar-refractivity contribution in [1.82, 2.24) is 4.98 Å². The first-order valence-electron chi connectivity index (χ1n) is 7.58. The van der Waals surface area contributed by atoms with Crippen molar-refractivity contribution >= 4 is 22.5 Å². The number of anilines is 1. The molecule has 1 heterocycles. The molecule has 0 radical (unpaired) electrons. The molecule has 0 atom stereocenters. The second-order valence-electron chi connectivity index (χ2n) is 5.69. The van der Waals surface area contributed by atoms with E-state index in [2.05, 4.69) is 10.3 Å². The lowest BCUT2D eigenvalue weighted by molar-refractivity contribution is 0.102. The summed E-state index contributed by atoms with van der Waals surface area (Å²) in [5, 5.41) is 3.22. The Morgan fingerprint density at radius 1 is 1.17 bits per heavy atom. The number of amides is 1. The number of methoxy groups -OCH3 is 1. The van der Waals surface area contributed by atoms with E-state index in [4.69, 9.17) is 4.74 Å². The monoisotopic (exact) mass is 322 g/mol. The van der Waals surface area contributed by atoms with E-state index in [0.717, 1.165) is 11.1 Å². The van der Waals surface area contributed by atoms with Gasteiger partial charge in [0.05, 0.1) is 18.0 Å². The van der Waals surface area contributed by atoms with E-state index in [0.29, 0.717) is 22.3 Å². The summed E-state index contributed by atoms with van der Waals surface area (Å²) in [5.74, 6) is 0.124. The molecule has 0 spiro atoms. The Bertz CT molecular complexity index is 990. The van der Waals surface area contributed by atoms with Crippen molar-refractivity contribution in [3.63, 3.8) is 0 Å². The van der Waals surface area contributed by atoms with Gasteiger partial charge in [-0.25, -0.2) is 0 Å². The summed E-state index contributed by atoms with van der Waals surface area (Å²) in [4.78, 5) is 28.1. The number of rotatable bonds is 3. The molecule has 0 aliphatic carbocycles. The normalized spacial score (nSPS) is 10.6. The Balaban J connectivity index is 2.01. The third-order valence-corrected chi connectivity index (χ3v) is 3.97. The average molecular weight is 322 g/mol. The zero-order chi connectivity index (χ0) is 17.3. The number of aromatic nitrogens is 1. The quantitative estimate of drug-likeness (QED) is 0.776. The Hall–Kier alpha value is -3.08. The minimum atomic E-state index is -0.437. The molecule has 122 valence electrons. The molecule has 1 amide bonds. The predicted molar refractivity (Wildman–Crippen MR) is 95.0 cm³/mol. The Morgan fingerprint density at radius 2 is 1.96 bits per heavy atom. The van der Waals surface area contributed by atoms with Gasteiger partial charge < -0.3 is 15.0 Å². The maximum absolute atomic E-state index is 12.6. The number of pyridine rings is 1. The third-order valence-electron chi connectivity index (χ3n) is 3.97. The molecule has 0 saturated heterocycles. The van der Waals surface area contributed by atoms with Gasteiger partial charge in [-0.15, -0.1) is 0 Å². The molecule has 0 aliphatic rings. The highest BCUT2D eigenvalue weighted by atomic mass is 16.5. The van der Waals surface area contributed by atoms with Crippen LogP contribution in [0.3, 0.4) is 0 Å². The minimum absolute atomic E-state index is 0.0655.